The lowest BCUT2D eigenvalue weighted by Crippen LogP contribution is -2.31. The van der Waals surface area contributed by atoms with Gasteiger partial charge in [-0.25, -0.2) is 8.42 Å². The van der Waals surface area contributed by atoms with Crippen molar-refractivity contribution in [1.82, 2.24) is 0 Å². The van der Waals surface area contributed by atoms with E-state index in [0.29, 0.717) is 16.5 Å². The Labute approximate surface area is 142 Å². The second kappa shape index (κ2) is 7.06. The minimum atomic E-state index is -3.76. The summed E-state index contributed by atoms with van der Waals surface area (Å²) in [6.07, 6.45) is 1.53. The Balaban J connectivity index is 2.56. The molecule has 0 heterocycles. The van der Waals surface area contributed by atoms with E-state index in [1.807, 2.05) is 0 Å². The molecule has 0 aliphatic carbocycles. The Morgan fingerprint density at radius 3 is 2.52 bits per heavy atom. The molecule has 0 aliphatic heterocycles. The molecule has 0 radical (unpaired) electrons. The summed E-state index contributed by atoms with van der Waals surface area (Å²) >= 11 is 6.17. The van der Waals surface area contributed by atoms with Crippen molar-refractivity contribution in [2.45, 2.75) is 11.8 Å². The van der Waals surface area contributed by atoms with Crippen LogP contribution in [0.4, 0.5) is 5.69 Å². The van der Waals surface area contributed by atoms with Crippen molar-refractivity contribution < 1.29 is 13.2 Å². The molecule has 23 heavy (non-hydrogen) atoms. The van der Waals surface area contributed by atoms with Crippen LogP contribution in [0.25, 0.3) is 0 Å². The number of sulfonamides is 1. The topological polar surface area (TPSA) is 46.6 Å². The van der Waals surface area contributed by atoms with Crippen LogP contribution < -0.4 is 9.04 Å². The standard InChI is InChI=1S/C17H18ClNO3S/c1-4-11-19(16-8-6-5-7-15(16)18)23(20,21)14-9-10-17(22-3)13(2)12-14/h4-10,12H,1,11H2,2-3H3. The number of anilines is 1. The molecule has 2 aromatic rings. The highest BCUT2D eigenvalue weighted by Crippen LogP contribution is 2.31. The summed E-state index contributed by atoms with van der Waals surface area (Å²) < 4.78 is 32.4. The van der Waals surface area contributed by atoms with Crippen LogP contribution in [0.1, 0.15) is 5.56 Å². The number of para-hydroxylation sites is 1. The van der Waals surface area contributed by atoms with Gasteiger partial charge in [-0.15, -0.1) is 6.58 Å². The first-order valence-electron chi connectivity index (χ1n) is 6.94. The molecule has 0 amide bonds. The minimum Gasteiger partial charge on any atom is -0.496 e. The van der Waals surface area contributed by atoms with E-state index in [2.05, 4.69) is 6.58 Å². The Bertz CT molecular complexity index is 818. The molecule has 4 nitrogen and oxygen atoms in total. The largest absolute Gasteiger partial charge is 0.496 e. The number of ether oxygens (including phenoxy) is 1. The summed E-state index contributed by atoms with van der Waals surface area (Å²) in [7, 11) is -2.22. The molecular weight excluding hydrogens is 334 g/mol. The average molecular weight is 352 g/mol. The average Bonchev–Trinajstić information content (AvgIpc) is 2.53. The van der Waals surface area contributed by atoms with Crippen molar-refractivity contribution in [2.75, 3.05) is 18.0 Å². The molecule has 2 rings (SSSR count). The quantitative estimate of drug-likeness (QED) is 0.738. The van der Waals surface area contributed by atoms with Gasteiger partial charge in [0, 0.05) is 0 Å². The predicted octanol–water partition coefficient (Wildman–Crippen LogP) is 4.04. The minimum absolute atomic E-state index is 0.122. The third-order valence-electron chi connectivity index (χ3n) is 3.37. The van der Waals surface area contributed by atoms with E-state index in [4.69, 9.17) is 16.3 Å². The van der Waals surface area contributed by atoms with Gasteiger partial charge in [-0.3, -0.25) is 4.31 Å². The first kappa shape index (κ1) is 17.4. The first-order valence-corrected chi connectivity index (χ1v) is 8.76. The van der Waals surface area contributed by atoms with Gasteiger partial charge in [0.25, 0.3) is 10.0 Å². The Morgan fingerprint density at radius 1 is 1.26 bits per heavy atom. The zero-order valence-corrected chi connectivity index (χ0v) is 14.6. The first-order chi connectivity index (χ1) is 10.9. The Morgan fingerprint density at radius 2 is 1.96 bits per heavy atom. The fourth-order valence-corrected chi connectivity index (χ4v) is 4.06. The summed E-state index contributed by atoms with van der Waals surface area (Å²) in [5.41, 5.74) is 1.16. The number of aryl methyl sites for hydroxylation is 1. The van der Waals surface area contributed by atoms with Crippen LogP contribution in [0.2, 0.25) is 5.02 Å². The lowest BCUT2D eigenvalue weighted by Gasteiger charge is -2.24. The molecule has 0 unspecified atom stereocenters. The molecule has 0 aliphatic rings. The van der Waals surface area contributed by atoms with Crippen molar-refractivity contribution in [2.24, 2.45) is 0 Å². The highest BCUT2D eigenvalue weighted by molar-refractivity contribution is 7.92. The maximum Gasteiger partial charge on any atom is 0.264 e. The maximum absolute atomic E-state index is 13.0. The van der Waals surface area contributed by atoms with Crippen LogP contribution in [0.3, 0.4) is 0 Å². The van der Waals surface area contributed by atoms with Gasteiger partial charge in [0.15, 0.2) is 0 Å². The lowest BCUT2D eigenvalue weighted by atomic mass is 10.2. The van der Waals surface area contributed by atoms with Crippen molar-refractivity contribution in [3.63, 3.8) is 0 Å². The third-order valence-corrected chi connectivity index (χ3v) is 5.47. The van der Waals surface area contributed by atoms with Crippen molar-refractivity contribution in [3.05, 3.63) is 65.7 Å². The molecule has 6 heteroatoms. The highest BCUT2D eigenvalue weighted by atomic mass is 35.5. The van der Waals surface area contributed by atoms with E-state index in [1.54, 1.807) is 50.4 Å². The molecule has 0 saturated carbocycles. The van der Waals surface area contributed by atoms with Crippen LogP contribution in [0.5, 0.6) is 5.75 Å². The molecule has 0 spiro atoms. The molecule has 2 aromatic carbocycles. The molecular formula is C17H18ClNO3S. The monoisotopic (exact) mass is 351 g/mol. The number of halogens is 1. The second-order valence-electron chi connectivity index (χ2n) is 4.91. The predicted molar refractivity (Wildman–Crippen MR) is 93.9 cm³/mol. The second-order valence-corrected chi connectivity index (χ2v) is 7.18. The zero-order chi connectivity index (χ0) is 17.0. The van der Waals surface area contributed by atoms with Crippen molar-refractivity contribution >= 4 is 27.3 Å². The fourth-order valence-electron chi connectivity index (χ4n) is 2.24. The number of methoxy groups -OCH3 is 1. The van der Waals surface area contributed by atoms with Crippen LogP contribution in [-0.4, -0.2) is 22.1 Å². The van der Waals surface area contributed by atoms with Crippen LogP contribution in [0.15, 0.2) is 60.0 Å². The maximum atomic E-state index is 13.0. The van der Waals surface area contributed by atoms with Gasteiger partial charge in [0.1, 0.15) is 5.75 Å². The smallest absolute Gasteiger partial charge is 0.264 e. The van der Waals surface area contributed by atoms with Gasteiger partial charge in [0.05, 0.1) is 29.3 Å². The normalized spacial score (nSPS) is 11.1. The fraction of sp³-hybridized carbons (Fsp3) is 0.176. The molecule has 0 aromatic heterocycles. The van der Waals surface area contributed by atoms with Crippen LogP contribution >= 0.6 is 11.6 Å². The van der Waals surface area contributed by atoms with Crippen molar-refractivity contribution in [3.8, 4) is 5.75 Å². The number of hydrogen-bond acceptors (Lipinski definition) is 3. The van der Waals surface area contributed by atoms with E-state index in [0.717, 1.165) is 5.56 Å². The van der Waals surface area contributed by atoms with Gasteiger partial charge >= 0.3 is 0 Å². The van der Waals surface area contributed by atoms with Gasteiger partial charge in [-0.2, -0.15) is 0 Å². The van der Waals surface area contributed by atoms with E-state index >= 15 is 0 Å². The summed E-state index contributed by atoms with van der Waals surface area (Å²) in [5.74, 6) is 0.636. The number of nitrogens with zero attached hydrogens (tertiary/aromatic N) is 1. The third kappa shape index (κ3) is 3.51. The number of rotatable bonds is 6. The molecule has 122 valence electrons. The van der Waals surface area contributed by atoms with Crippen LogP contribution in [0, 0.1) is 6.92 Å². The molecule has 0 bridgehead atoms. The summed E-state index contributed by atoms with van der Waals surface area (Å²) in [6.45, 7) is 5.56. The van der Waals surface area contributed by atoms with E-state index < -0.39 is 10.0 Å². The SMILES string of the molecule is C=CCN(c1ccccc1Cl)S(=O)(=O)c1ccc(OC)c(C)c1. The van der Waals surface area contributed by atoms with Gasteiger partial charge < -0.3 is 4.74 Å². The number of hydrogen-bond donors (Lipinski definition) is 0. The molecule has 0 saturated heterocycles. The zero-order valence-electron chi connectivity index (χ0n) is 13.0. The number of benzene rings is 2. The van der Waals surface area contributed by atoms with Gasteiger partial charge in [-0.05, 0) is 42.8 Å². The highest BCUT2D eigenvalue weighted by Gasteiger charge is 2.26. The molecule has 0 N–H and O–H groups in total. The Hall–Kier alpha value is -1.98. The van der Waals surface area contributed by atoms with E-state index in [9.17, 15) is 8.42 Å². The lowest BCUT2D eigenvalue weighted by molar-refractivity contribution is 0.411. The van der Waals surface area contributed by atoms with Gasteiger partial charge in [-0.1, -0.05) is 29.8 Å². The summed E-state index contributed by atoms with van der Waals surface area (Å²) in [5, 5.41) is 0.364. The molecule has 0 atom stereocenters. The summed E-state index contributed by atoms with van der Waals surface area (Å²) in [4.78, 5) is 0.178. The van der Waals surface area contributed by atoms with E-state index in [1.165, 1.54) is 16.4 Å². The van der Waals surface area contributed by atoms with Crippen LogP contribution in [-0.2, 0) is 10.0 Å². The van der Waals surface area contributed by atoms with Gasteiger partial charge in [0.2, 0.25) is 0 Å². The Kier molecular flexibility index (Phi) is 5.34. The molecule has 0 fully saturated rings. The van der Waals surface area contributed by atoms with Crippen molar-refractivity contribution in [1.29, 1.82) is 0 Å². The summed E-state index contributed by atoms with van der Waals surface area (Å²) in [6, 6.07) is 11.6. The van der Waals surface area contributed by atoms with E-state index in [-0.39, 0.29) is 11.4 Å².